The van der Waals surface area contributed by atoms with Crippen molar-refractivity contribution in [2.24, 2.45) is 0 Å². The lowest BCUT2D eigenvalue weighted by atomic mass is 10.0. The number of aliphatic hydroxyl groups excluding tert-OH is 4. The summed E-state index contributed by atoms with van der Waals surface area (Å²) in [7, 11) is 0. The molecule has 0 aliphatic carbocycles. The van der Waals surface area contributed by atoms with Crippen molar-refractivity contribution < 1.29 is 25.2 Å². The fraction of sp³-hybridized carbons (Fsp3) is 0.400. The Morgan fingerprint density at radius 3 is 1.52 bits per heavy atom. The molecule has 0 aliphatic heterocycles. The Morgan fingerprint density at radius 1 is 0.760 bits per heavy atom. The minimum atomic E-state index is -0.849. The molecule has 2 aromatic rings. The summed E-state index contributed by atoms with van der Waals surface area (Å²) in [5.41, 5.74) is 3.67. The van der Waals surface area contributed by atoms with E-state index in [4.69, 9.17) is 14.9 Å². The molecule has 0 fully saturated rings. The number of aliphatic hydroxyl groups is 4. The highest BCUT2D eigenvalue weighted by Gasteiger charge is 2.14. The first-order chi connectivity index (χ1) is 11.9. The van der Waals surface area contributed by atoms with E-state index in [-0.39, 0.29) is 26.1 Å². The quantitative estimate of drug-likeness (QED) is 0.586. The summed E-state index contributed by atoms with van der Waals surface area (Å²) in [5, 5.41) is 37.7. The van der Waals surface area contributed by atoms with Crippen molar-refractivity contribution in [2.45, 2.75) is 38.9 Å². The van der Waals surface area contributed by atoms with Gasteiger partial charge in [-0.2, -0.15) is 0 Å². The van der Waals surface area contributed by atoms with Crippen LogP contribution in [0.1, 0.15) is 22.3 Å². The standard InChI is InChI=1S/C20H26O5/c1-13-3-5-19(15(7-13)9-17(23)11-21)25-20-6-4-14(2)8-16(20)10-18(24)12-22/h3-8,17-18,21-24H,9-12H2,1-2H3. The van der Waals surface area contributed by atoms with Crippen LogP contribution in [0.2, 0.25) is 0 Å². The van der Waals surface area contributed by atoms with Crippen molar-refractivity contribution in [3.8, 4) is 11.5 Å². The molecular formula is C20H26O5. The second-order valence-electron chi connectivity index (χ2n) is 6.41. The number of hydrogen-bond acceptors (Lipinski definition) is 5. The molecule has 2 rings (SSSR count). The van der Waals surface area contributed by atoms with E-state index in [9.17, 15) is 10.2 Å². The number of hydrogen-bond donors (Lipinski definition) is 4. The van der Waals surface area contributed by atoms with Gasteiger partial charge in [0.1, 0.15) is 11.5 Å². The summed E-state index contributed by atoms with van der Waals surface area (Å²) >= 11 is 0. The molecule has 0 saturated heterocycles. The predicted octanol–water partition coefficient (Wildman–Crippen LogP) is 1.89. The summed E-state index contributed by atoms with van der Waals surface area (Å²) in [6.07, 6.45) is -1.13. The molecule has 0 saturated carbocycles. The van der Waals surface area contributed by atoms with Crippen LogP contribution in [0.15, 0.2) is 36.4 Å². The van der Waals surface area contributed by atoms with E-state index in [1.165, 1.54) is 0 Å². The van der Waals surface area contributed by atoms with Crippen molar-refractivity contribution in [1.29, 1.82) is 0 Å². The zero-order valence-electron chi connectivity index (χ0n) is 14.6. The Balaban J connectivity index is 2.33. The van der Waals surface area contributed by atoms with Crippen LogP contribution in [0.5, 0.6) is 11.5 Å². The molecule has 0 aliphatic rings. The Kier molecular flexibility index (Phi) is 6.96. The SMILES string of the molecule is Cc1ccc(Oc2ccc(C)cc2CC(O)CO)c(CC(O)CO)c1. The zero-order valence-corrected chi connectivity index (χ0v) is 14.6. The topological polar surface area (TPSA) is 90.2 Å². The second kappa shape index (κ2) is 8.97. The van der Waals surface area contributed by atoms with E-state index in [0.717, 1.165) is 22.3 Å². The number of benzene rings is 2. The smallest absolute Gasteiger partial charge is 0.130 e. The molecule has 136 valence electrons. The maximum Gasteiger partial charge on any atom is 0.130 e. The summed E-state index contributed by atoms with van der Waals surface area (Å²) in [6, 6.07) is 11.3. The molecular weight excluding hydrogens is 320 g/mol. The normalized spacial score (nSPS) is 13.5. The summed E-state index contributed by atoms with van der Waals surface area (Å²) in [4.78, 5) is 0. The van der Waals surface area contributed by atoms with Gasteiger partial charge in [0.05, 0.1) is 25.4 Å². The van der Waals surface area contributed by atoms with Crippen molar-refractivity contribution in [1.82, 2.24) is 0 Å². The van der Waals surface area contributed by atoms with Crippen LogP contribution in [0, 0.1) is 13.8 Å². The Labute approximate surface area is 148 Å². The van der Waals surface area contributed by atoms with Gasteiger partial charge in [-0.15, -0.1) is 0 Å². The van der Waals surface area contributed by atoms with Gasteiger partial charge in [-0.05, 0) is 37.1 Å². The molecule has 5 nitrogen and oxygen atoms in total. The van der Waals surface area contributed by atoms with Crippen molar-refractivity contribution >= 4 is 0 Å². The Hall–Kier alpha value is -1.92. The maximum absolute atomic E-state index is 9.77. The molecule has 4 N–H and O–H groups in total. The molecule has 0 heterocycles. The molecule has 0 radical (unpaired) electrons. The average molecular weight is 346 g/mol. The van der Waals surface area contributed by atoms with E-state index in [1.54, 1.807) is 0 Å². The molecule has 25 heavy (non-hydrogen) atoms. The number of rotatable bonds is 8. The summed E-state index contributed by atoms with van der Waals surface area (Å²) < 4.78 is 6.06. The molecule has 0 aromatic heterocycles. The fourth-order valence-corrected chi connectivity index (χ4v) is 2.69. The van der Waals surface area contributed by atoms with E-state index in [1.807, 2.05) is 50.2 Å². The van der Waals surface area contributed by atoms with Gasteiger partial charge in [0, 0.05) is 12.8 Å². The van der Waals surface area contributed by atoms with Crippen LogP contribution in [-0.2, 0) is 12.8 Å². The van der Waals surface area contributed by atoms with Gasteiger partial charge in [-0.3, -0.25) is 0 Å². The van der Waals surface area contributed by atoms with Gasteiger partial charge in [0.15, 0.2) is 0 Å². The minimum absolute atomic E-state index is 0.286. The van der Waals surface area contributed by atoms with Crippen LogP contribution in [-0.4, -0.2) is 45.8 Å². The fourth-order valence-electron chi connectivity index (χ4n) is 2.69. The van der Waals surface area contributed by atoms with Crippen LogP contribution < -0.4 is 4.74 Å². The largest absolute Gasteiger partial charge is 0.457 e. The lowest BCUT2D eigenvalue weighted by Crippen LogP contribution is -2.16. The molecule has 5 heteroatoms. The third-order valence-corrected chi connectivity index (χ3v) is 3.98. The Bertz CT molecular complexity index is 639. The Morgan fingerprint density at radius 2 is 1.16 bits per heavy atom. The highest BCUT2D eigenvalue weighted by Crippen LogP contribution is 2.31. The van der Waals surface area contributed by atoms with Crippen LogP contribution in [0.4, 0.5) is 0 Å². The van der Waals surface area contributed by atoms with Crippen molar-refractivity contribution in [3.05, 3.63) is 58.7 Å². The van der Waals surface area contributed by atoms with Gasteiger partial charge in [0.2, 0.25) is 0 Å². The molecule has 0 spiro atoms. The lowest BCUT2D eigenvalue weighted by Gasteiger charge is -2.17. The van der Waals surface area contributed by atoms with Crippen LogP contribution >= 0.6 is 0 Å². The number of aryl methyl sites for hydroxylation is 2. The first kappa shape index (κ1) is 19.4. The van der Waals surface area contributed by atoms with Crippen molar-refractivity contribution in [2.75, 3.05) is 13.2 Å². The zero-order chi connectivity index (χ0) is 18.4. The summed E-state index contributed by atoms with van der Waals surface area (Å²) in [6.45, 7) is 3.28. The second-order valence-corrected chi connectivity index (χ2v) is 6.41. The predicted molar refractivity (Wildman–Crippen MR) is 96.0 cm³/mol. The molecule has 2 unspecified atom stereocenters. The molecule has 0 bridgehead atoms. The molecule has 2 atom stereocenters. The average Bonchev–Trinajstić information content (AvgIpc) is 2.59. The van der Waals surface area contributed by atoms with E-state index in [0.29, 0.717) is 11.5 Å². The highest BCUT2D eigenvalue weighted by molar-refractivity contribution is 5.44. The van der Waals surface area contributed by atoms with Crippen LogP contribution in [0.3, 0.4) is 0 Å². The maximum atomic E-state index is 9.77. The van der Waals surface area contributed by atoms with E-state index < -0.39 is 12.2 Å². The monoisotopic (exact) mass is 346 g/mol. The molecule has 0 amide bonds. The lowest BCUT2D eigenvalue weighted by molar-refractivity contribution is 0.0945. The van der Waals surface area contributed by atoms with Crippen molar-refractivity contribution in [3.63, 3.8) is 0 Å². The molecule has 2 aromatic carbocycles. The first-order valence-corrected chi connectivity index (χ1v) is 8.37. The highest BCUT2D eigenvalue weighted by atomic mass is 16.5. The van der Waals surface area contributed by atoms with Gasteiger partial charge in [0.25, 0.3) is 0 Å². The van der Waals surface area contributed by atoms with Gasteiger partial charge >= 0.3 is 0 Å². The van der Waals surface area contributed by atoms with Gasteiger partial charge < -0.3 is 25.2 Å². The van der Waals surface area contributed by atoms with Gasteiger partial charge in [-0.1, -0.05) is 35.4 Å². The minimum Gasteiger partial charge on any atom is -0.457 e. The van der Waals surface area contributed by atoms with Crippen LogP contribution in [0.25, 0.3) is 0 Å². The van der Waals surface area contributed by atoms with E-state index in [2.05, 4.69) is 0 Å². The number of ether oxygens (including phenoxy) is 1. The first-order valence-electron chi connectivity index (χ1n) is 8.37. The van der Waals surface area contributed by atoms with E-state index >= 15 is 0 Å². The third kappa shape index (κ3) is 5.54. The third-order valence-electron chi connectivity index (χ3n) is 3.98. The summed E-state index contributed by atoms with van der Waals surface area (Å²) in [5.74, 6) is 1.20. The van der Waals surface area contributed by atoms with Gasteiger partial charge in [-0.25, -0.2) is 0 Å².